The molecule has 1 aliphatic heterocycles. The molecule has 0 unspecified atom stereocenters. The summed E-state index contributed by atoms with van der Waals surface area (Å²) in [5.74, 6) is 1.99. The maximum absolute atomic E-state index is 13.0. The second kappa shape index (κ2) is 9.22. The van der Waals surface area contributed by atoms with Crippen molar-refractivity contribution < 1.29 is 19.0 Å². The maximum Gasteiger partial charge on any atom is 0.273 e. The molecule has 0 aliphatic carbocycles. The highest BCUT2D eigenvalue weighted by Crippen LogP contribution is 2.41. The number of methoxy groups -OCH3 is 3. The van der Waals surface area contributed by atoms with Gasteiger partial charge in [0, 0.05) is 36.2 Å². The number of hydrogen-bond acceptors (Lipinski definition) is 6. The highest BCUT2D eigenvalue weighted by Gasteiger charge is 2.25. The number of hydrogen-bond donors (Lipinski definition) is 0. The average Bonchev–Trinajstić information content (AvgIpc) is 3.33. The summed E-state index contributed by atoms with van der Waals surface area (Å²) in [5, 5.41) is 2.68. The highest BCUT2D eigenvalue weighted by molar-refractivity contribution is 7.13. The maximum atomic E-state index is 13.0. The standard InChI is InChI=1S/C24H24N2O4S/c1-28-18-13-20(29-2)22(21(14-18)30-3)16-9-11-26(12-10-16)24(27)19-15-31-23(25-19)17-7-5-4-6-8-17/h4-9,13-15H,10-12H2,1-3H3. The van der Waals surface area contributed by atoms with E-state index in [0.717, 1.165) is 21.7 Å². The largest absolute Gasteiger partial charge is 0.496 e. The van der Waals surface area contributed by atoms with Crippen molar-refractivity contribution in [2.45, 2.75) is 6.42 Å². The Morgan fingerprint density at radius 1 is 1.03 bits per heavy atom. The molecule has 2 heterocycles. The first-order valence-corrected chi connectivity index (χ1v) is 10.8. The van der Waals surface area contributed by atoms with Gasteiger partial charge in [0.25, 0.3) is 5.91 Å². The summed E-state index contributed by atoms with van der Waals surface area (Å²) >= 11 is 1.49. The first-order valence-electron chi connectivity index (χ1n) is 9.94. The Hall–Kier alpha value is -3.32. The molecule has 0 atom stereocenters. The molecule has 7 heteroatoms. The quantitative estimate of drug-likeness (QED) is 0.557. The lowest BCUT2D eigenvalue weighted by atomic mass is 9.97. The molecule has 6 nitrogen and oxygen atoms in total. The van der Waals surface area contributed by atoms with Crippen molar-refractivity contribution in [1.82, 2.24) is 9.88 Å². The summed E-state index contributed by atoms with van der Waals surface area (Å²) in [7, 11) is 4.87. The van der Waals surface area contributed by atoms with Crippen LogP contribution in [0.4, 0.5) is 0 Å². The fourth-order valence-electron chi connectivity index (χ4n) is 3.65. The predicted octanol–water partition coefficient (Wildman–Crippen LogP) is 4.77. The number of ether oxygens (including phenoxy) is 3. The molecule has 0 radical (unpaired) electrons. The molecule has 3 aromatic rings. The Morgan fingerprint density at radius 3 is 2.32 bits per heavy atom. The van der Waals surface area contributed by atoms with Crippen LogP contribution in [-0.4, -0.2) is 50.2 Å². The summed E-state index contributed by atoms with van der Waals surface area (Å²) in [5.41, 5.74) is 3.49. The lowest BCUT2D eigenvalue weighted by molar-refractivity contribution is 0.0768. The van der Waals surface area contributed by atoms with Crippen LogP contribution in [0.2, 0.25) is 0 Å². The Bertz CT molecular complexity index is 1080. The normalized spacial score (nSPS) is 13.5. The Labute approximate surface area is 185 Å². The van der Waals surface area contributed by atoms with E-state index in [-0.39, 0.29) is 5.91 Å². The third-order valence-corrected chi connectivity index (χ3v) is 6.17. The molecule has 160 valence electrons. The molecule has 31 heavy (non-hydrogen) atoms. The lowest BCUT2D eigenvalue weighted by Crippen LogP contribution is -2.34. The number of nitrogens with zero attached hydrogens (tertiary/aromatic N) is 2. The number of carbonyl (C=O) groups is 1. The van der Waals surface area contributed by atoms with Gasteiger partial charge in [-0.1, -0.05) is 36.4 Å². The highest BCUT2D eigenvalue weighted by atomic mass is 32.1. The second-order valence-electron chi connectivity index (χ2n) is 7.04. The van der Waals surface area contributed by atoms with Crippen LogP contribution in [0, 0.1) is 0 Å². The fourth-order valence-corrected chi connectivity index (χ4v) is 4.45. The summed E-state index contributed by atoms with van der Waals surface area (Å²) < 4.78 is 16.5. The van der Waals surface area contributed by atoms with Crippen molar-refractivity contribution in [3.63, 3.8) is 0 Å². The third kappa shape index (κ3) is 4.27. The predicted molar refractivity (Wildman–Crippen MR) is 122 cm³/mol. The number of rotatable bonds is 6. The smallest absolute Gasteiger partial charge is 0.273 e. The summed E-state index contributed by atoms with van der Waals surface area (Å²) in [4.78, 5) is 19.4. The zero-order chi connectivity index (χ0) is 21.8. The van der Waals surface area contributed by atoms with Gasteiger partial charge in [0.15, 0.2) is 0 Å². The van der Waals surface area contributed by atoms with Crippen molar-refractivity contribution in [1.29, 1.82) is 0 Å². The lowest BCUT2D eigenvalue weighted by Gasteiger charge is -2.27. The van der Waals surface area contributed by atoms with Gasteiger partial charge in [-0.15, -0.1) is 11.3 Å². The molecular formula is C24H24N2O4S. The van der Waals surface area contributed by atoms with Crippen LogP contribution in [0.15, 0.2) is 53.9 Å². The molecule has 0 bridgehead atoms. The first kappa shape index (κ1) is 20.9. The van der Waals surface area contributed by atoms with Gasteiger partial charge in [-0.3, -0.25) is 4.79 Å². The van der Waals surface area contributed by atoms with Crippen molar-refractivity contribution in [2.75, 3.05) is 34.4 Å². The van der Waals surface area contributed by atoms with E-state index in [9.17, 15) is 4.79 Å². The number of thiazole rings is 1. The van der Waals surface area contributed by atoms with Gasteiger partial charge in [0.2, 0.25) is 0 Å². The Balaban J connectivity index is 1.54. The van der Waals surface area contributed by atoms with Crippen LogP contribution in [0.1, 0.15) is 22.5 Å². The topological polar surface area (TPSA) is 60.9 Å². The van der Waals surface area contributed by atoms with Gasteiger partial charge in [-0.2, -0.15) is 0 Å². The van der Waals surface area contributed by atoms with Gasteiger partial charge in [-0.05, 0) is 12.0 Å². The molecule has 1 aliphatic rings. The SMILES string of the molecule is COc1cc(OC)c(C2=CCN(C(=O)c3csc(-c4ccccc4)n3)CC2)c(OC)c1. The van der Waals surface area contributed by atoms with Crippen molar-refractivity contribution in [2.24, 2.45) is 0 Å². The van der Waals surface area contributed by atoms with E-state index in [1.165, 1.54) is 11.3 Å². The zero-order valence-electron chi connectivity index (χ0n) is 17.8. The van der Waals surface area contributed by atoms with Crippen molar-refractivity contribution in [3.05, 3.63) is 65.2 Å². The van der Waals surface area contributed by atoms with E-state index < -0.39 is 0 Å². The van der Waals surface area contributed by atoms with E-state index in [2.05, 4.69) is 11.1 Å². The van der Waals surface area contributed by atoms with E-state index >= 15 is 0 Å². The molecule has 0 fully saturated rings. The third-order valence-electron chi connectivity index (χ3n) is 5.28. The molecule has 0 N–H and O–H groups in total. The molecule has 0 saturated carbocycles. The molecule has 1 amide bonds. The van der Waals surface area contributed by atoms with Crippen molar-refractivity contribution >= 4 is 22.8 Å². The van der Waals surface area contributed by atoms with Crippen LogP contribution >= 0.6 is 11.3 Å². The van der Waals surface area contributed by atoms with E-state index in [1.54, 1.807) is 21.3 Å². The Morgan fingerprint density at radius 2 is 1.74 bits per heavy atom. The van der Waals surface area contributed by atoms with Crippen LogP contribution in [0.5, 0.6) is 17.2 Å². The number of benzene rings is 2. The van der Waals surface area contributed by atoms with E-state index in [0.29, 0.717) is 42.5 Å². The van der Waals surface area contributed by atoms with E-state index in [4.69, 9.17) is 14.2 Å². The van der Waals surface area contributed by atoms with Gasteiger partial charge in [0.05, 0.1) is 26.9 Å². The second-order valence-corrected chi connectivity index (χ2v) is 7.90. The van der Waals surface area contributed by atoms with Crippen molar-refractivity contribution in [3.8, 4) is 27.8 Å². The summed E-state index contributed by atoms with van der Waals surface area (Å²) in [6.07, 6.45) is 2.75. The van der Waals surface area contributed by atoms with Gasteiger partial charge in [0.1, 0.15) is 28.0 Å². The monoisotopic (exact) mass is 436 g/mol. The summed E-state index contributed by atoms with van der Waals surface area (Å²) in [6.45, 7) is 1.10. The minimum Gasteiger partial charge on any atom is -0.496 e. The van der Waals surface area contributed by atoms with Crippen LogP contribution in [0.3, 0.4) is 0 Å². The van der Waals surface area contributed by atoms with Gasteiger partial charge >= 0.3 is 0 Å². The molecule has 4 rings (SSSR count). The Kier molecular flexibility index (Phi) is 6.23. The molecule has 0 spiro atoms. The zero-order valence-corrected chi connectivity index (χ0v) is 18.6. The number of amides is 1. The van der Waals surface area contributed by atoms with Crippen LogP contribution in [0.25, 0.3) is 16.1 Å². The number of carbonyl (C=O) groups excluding carboxylic acids is 1. The van der Waals surface area contributed by atoms with Crippen LogP contribution in [-0.2, 0) is 0 Å². The summed E-state index contributed by atoms with van der Waals surface area (Å²) in [6, 6.07) is 13.6. The first-order chi connectivity index (χ1) is 15.1. The number of aromatic nitrogens is 1. The van der Waals surface area contributed by atoms with Crippen LogP contribution < -0.4 is 14.2 Å². The molecule has 0 saturated heterocycles. The molecule has 1 aromatic heterocycles. The minimum absolute atomic E-state index is 0.0533. The molecular weight excluding hydrogens is 412 g/mol. The van der Waals surface area contributed by atoms with Gasteiger partial charge in [-0.25, -0.2) is 4.98 Å². The van der Waals surface area contributed by atoms with Gasteiger partial charge < -0.3 is 19.1 Å². The minimum atomic E-state index is -0.0533. The fraction of sp³-hybridized carbons (Fsp3) is 0.250. The average molecular weight is 437 g/mol. The molecule has 2 aromatic carbocycles. The van der Waals surface area contributed by atoms with E-state index in [1.807, 2.05) is 52.7 Å².